The first-order valence-electron chi connectivity index (χ1n) is 8.98. The number of aromatic nitrogens is 3. The van der Waals surface area contributed by atoms with Crippen molar-refractivity contribution >= 4 is 22.9 Å². The standard InChI is InChI=1S/C19H22ClN5O/c20-16-5-7-17(8-6-16)23-14-12-22(13-15-23)9-3-11-25-19(26)24-10-2-1-4-18(24)21-25/h1-2,4-8,10H,3,9,11-15H2. The van der Waals surface area contributed by atoms with Gasteiger partial charge in [-0.05, 0) is 42.8 Å². The Hall–Kier alpha value is -2.31. The van der Waals surface area contributed by atoms with Gasteiger partial charge < -0.3 is 4.90 Å². The molecule has 136 valence electrons. The summed E-state index contributed by atoms with van der Waals surface area (Å²) in [6.45, 7) is 5.71. The zero-order chi connectivity index (χ0) is 17.9. The van der Waals surface area contributed by atoms with Crippen molar-refractivity contribution in [2.45, 2.75) is 13.0 Å². The predicted octanol–water partition coefficient (Wildman–Crippen LogP) is 2.36. The molecule has 0 atom stereocenters. The van der Waals surface area contributed by atoms with E-state index in [1.165, 1.54) is 5.69 Å². The fourth-order valence-corrected chi connectivity index (χ4v) is 3.57. The molecule has 1 fully saturated rings. The third-order valence-electron chi connectivity index (χ3n) is 4.90. The van der Waals surface area contributed by atoms with Crippen LogP contribution in [-0.2, 0) is 6.54 Å². The maximum absolute atomic E-state index is 12.3. The van der Waals surface area contributed by atoms with Crippen molar-refractivity contribution in [1.82, 2.24) is 19.1 Å². The van der Waals surface area contributed by atoms with Crippen LogP contribution >= 0.6 is 11.6 Å². The van der Waals surface area contributed by atoms with E-state index in [4.69, 9.17) is 11.6 Å². The van der Waals surface area contributed by atoms with E-state index < -0.39 is 0 Å². The Balaban J connectivity index is 1.28. The monoisotopic (exact) mass is 371 g/mol. The Bertz CT molecular complexity index is 925. The maximum Gasteiger partial charge on any atom is 0.350 e. The van der Waals surface area contributed by atoms with Crippen LogP contribution in [0.15, 0.2) is 53.5 Å². The number of fused-ring (bicyclic) bond motifs is 1. The topological polar surface area (TPSA) is 45.8 Å². The van der Waals surface area contributed by atoms with Crippen LogP contribution in [0.25, 0.3) is 5.65 Å². The Labute approximate surface area is 157 Å². The molecule has 0 N–H and O–H groups in total. The van der Waals surface area contributed by atoms with E-state index >= 15 is 0 Å². The van der Waals surface area contributed by atoms with Crippen molar-refractivity contribution in [2.75, 3.05) is 37.6 Å². The zero-order valence-electron chi connectivity index (χ0n) is 14.6. The van der Waals surface area contributed by atoms with Gasteiger partial charge >= 0.3 is 5.69 Å². The highest BCUT2D eigenvalue weighted by molar-refractivity contribution is 6.30. The van der Waals surface area contributed by atoms with Crippen LogP contribution in [0, 0.1) is 0 Å². The van der Waals surface area contributed by atoms with E-state index in [-0.39, 0.29) is 5.69 Å². The van der Waals surface area contributed by atoms with Crippen LogP contribution in [0.4, 0.5) is 5.69 Å². The number of pyridine rings is 1. The second-order valence-corrected chi connectivity index (χ2v) is 7.03. The second kappa shape index (κ2) is 7.51. The summed E-state index contributed by atoms with van der Waals surface area (Å²) in [6.07, 6.45) is 2.68. The molecular formula is C19H22ClN5O. The minimum Gasteiger partial charge on any atom is -0.369 e. The number of halogens is 1. The third kappa shape index (κ3) is 3.61. The molecular weight excluding hydrogens is 350 g/mol. The molecule has 3 aromatic rings. The summed E-state index contributed by atoms with van der Waals surface area (Å²) in [7, 11) is 0. The van der Waals surface area contributed by atoms with Crippen LogP contribution in [0.2, 0.25) is 5.02 Å². The van der Waals surface area contributed by atoms with Gasteiger partial charge in [0, 0.05) is 56.2 Å². The van der Waals surface area contributed by atoms with E-state index in [0.29, 0.717) is 12.2 Å². The van der Waals surface area contributed by atoms with E-state index in [2.05, 4.69) is 27.0 Å². The first kappa shape index (κ1) is 17.1. The molecule has 7 heteroatoms. The molecule has 0 bridgehead atoms. The Morgan fingerprint density at radius 1 is 0.962 bits per heavy atom. The van der Waals surface area contributed by atoms with Gasteiger partial charge in [-0.2, -0.15) is 0 Å². The van der Waals surface area contributed by atoms with E-state index in [0.717, 1.165) is 44.2 Å². The van der Waals surface area contributed by atoms with Gasteiger partial charge in [0.15, 0.2) is 5.65 Å². The van der Waals surface area contributed by atoms with Gasteiger partial charge in [-0.25, -0.2) is 9.48 Å². The Morgan fingerprint density at radius 2 is 1.73 bits per heavy atom. The molecule has 1 aliphatic rings. The number of piperazine rings is 1. The molecule has 0 spiro atoms. The normalized spacial score (nSPS) is 15.7. The lowest BCUT2D eigenvalue weighted by atomic mass is 10.2. The van der Waals surface area contributed by atoms with E-state index in [1.54, 1.807) is 15.3 Å². The maximum atomic E-state index is 12.3. The Kier molecular flexibility index (Phi) is 4.95. The number of anilines is 1. The zero-order valence-corrected chi connectivity index (χ0v) is 15.3. The molecule has 0 amide bonds. The molecule has 0 aliphatic carbocycles. The lowest BCUT2D eigenvalue weighted by molar-refractivity contribution is 0.248. The lowest BCUT2D eigenvalue weighted by Gasteiger charge is -2.36. The second-order valence-electron chi connectivity index (χ2n) is 6.59. The Morgan fingerprint density at radius 3 is 2.46 bits per heavy atom. The average molecular weight is 372 g/mol. The summed E-state index contributed by atoms with van der Waals surface area (Å²) in [4.78, 5) is 17.1. The molecule has 26 heavy (non-hydrogen) atoms. The summed E-state index contributed by atoms with van der Waals surface area (Å²) in [5.41, 5.74) is 1.87. The first-order chi connectivity index (χ1) is 12.7. The molecule has 4 rings (SSSR count). The summed E-state index contributed by atoms with van der Waals surface area (Å²) in [6, 6.07) is 13.6. The largest absolute Gasteiger partial charge is 0.369 e. The van der Waals surface area contributed by atoms with Gasteiger partial charge in [0.2, 0.25) is 0 Å². The quantitative estimate of drug-likeness (QED) is 0.690. The van der Waals surface area contributed by atoms with Crippen molar-refractivity contribution in [3.8, 4) is 0 Å². The van der Waals surface area contributed by atoms with Crippen LogP contribution in [0.5, 0.6) is 0 Å². The number of rotatable bonds is 5. The van der Waals surface area contributed by atoms with Gasteiger partial charge in [-0.3, -0.25) is 9.30 Å². The van der Waals surface area contributed by atoms with Crippen LogP contribution in [0.3, 0.4) is 0 Å². The minimum absolute atomic E-state index is 0.0619. The summed E-state index contributed by atoms with van der Waals surface area (Å²) in [5.74, 6) is 0. The van der Waals surface area contributed by atoms with E-state index in [1.807, 2.05) is 30.3 Å². The number of hydrogen-bond donors (Lipinski definition) is 0. The highest BCUT2D eigenvalue weighted by Gasteiger charge is 2.17. The van der Waals surface area contributed by atoms with Gasteiger partial charge in [-0.1, -0.05) is 17.7 Å². The van der Waals surface area contributed by atoms with Gasteiger partial charge in [0.1, 0.15) is 0 Å². The molecule has 0 radical (unpaired) electrons. The third-order valence-corrected chi connectivity index (χ3v) is 5.15. The SMILES string of the molecule is O=c1n(CCCN2CCN(c3ccc(Cl)cc3)CC2)nc2ccccn12. The molecule has 6 nitrogen and oxygen atoms in total. The molecule has 1 saturated heterocycles. The molecule has 3 heterocycles. The van der Waals surface area contributed by atoms with Gasteiger partial charge in [0.25, 0.3) is 0 Å². The lowest BCUT2D eigenvalue weighted by Crippen LogP contribution is -2.46. The van der Waals surface area contributed by atoms with Gasteiger partial charge in [0.05, 0.1) is 0 Å². The van der Waals surface area contributed by atoms with Crippen LogP contribution in [0.1, 0.15) is 6.42 Å². The van der Waals surface area contributed by atoms with Crippen LogP contribution < -0.4 is 10.6 Å². The number of hydrogen-bond acceptors (Lipinski definition) is 4. The van der Waals surface area contributed by atoms with Crippen LogP contribution in [-0.4, -0.2) is 51.8 Å². The fourth-order valence-electron chi connectivity index (χ4n) is 3.44. The summed E-state index contributed by atoms with van der Waals surface area (Å²) >= 11 is 5.96. The number of benzene rings is 1. The van der Waals surface area contributed by atoms with E-state index in [9.17, 15) is 4.79 Å². The predicted molar refractivity (Wildman–Crippen MR) is 104 cm³/mol. The van der Waals surface area contributed by atoms with Crippen molar-refractivity contribution < 1.29 is 0 Å². The number of nitrogens with zero attached hydrogens (tertiary/aromatic N) is 5. The molecule has 1 aromatic carbocycles. The van der Waals surface area contributed by atoms with Crippen molar-refractivity contribution in [2.24, 2.45) is 0 Å². The molecule has 0 saturated carbocycles. The fraction of sp³-hybridized carbons (Fsp3) is 0.368. The highest BCUT2D eigenvalue weighted by atomic mass is 35.5. The summed E-state index contributed by atoms with van der Waals surface area (Å²) < 4.78 is 3.16. The van der Waals surface area contributed by atoms with Crippen molar-refractivity contribution in [1.29, 1.82) is 0 Å². The molecule has 0 unspecified atom stereocenters. The number of aryl methyl sites for hydroxylation is 1. The molecule has 2 aromatic heterocycles. The smallest absolute Gasteiger partial charge is 0.350 e. The minimum atomic E-state index is -0.0619. The van der Waals surface area contributed by atoms with Crippen molar-refractivity contribution in [3.63, 3.8) is 0 Å². The molecule has 1 aliphatic heterocycles. The van der Waals surface area contributed by atoms with Gasteiger partial charge in [-0.15, -0.1) is 5.10 Å². The van der Waals surface area contributed by atoms with Crippen molar-refractivity contribution in [3.05, 3.63) is 64.2 Å². The highest BCUT2D eigenvalue weighted by Crippen LogP contribution is 2.19. The average Bonchev–Trinajstić information content (AvgIpc) is 2.99. The first-order valence-corrected chi connectivity index (χ1v) is 9.35. The summed E-state index contributed by atoms with van der Waals surface area (Å²) in [5, 5.41) is 5.16.